The number of hydrogen-bond acceptors (Lipinski definition) is 6. The summed E-state index contributed by atoms with van der Waals surface area (Å²) in [6.07, 6.45) is 7.19. The van der Waals surface area contributed by atoms with Gasteiger partial charge in [0.15, 0.2) is 17.3 Å². The lowest BCUT2D eigenvalue weighted by Crippen LogP contribution is -2.43. The van der Waals surface area contributed by atoms with E-state index in [1.165, 1.54) is 0 Å². The number of aromatic nitrogens is 4. The van der Waals surface area contributed by atoms with Gasteiger partial charge in [0.25, 0.3) is 0 Å². The standard InChI is InChI=1S/C14H19N5O2/c1-19(13-11-12(16-8-15-11)17-9-18-13)10-2-4-14(5-3-10)20-6-7-21-14/h8-10H,2-7H2,1H3,(H,15,16,17,18). The molecule has 0 aromatic carbocycles. The van der Waals surface area contributed by atoms with E-state index >= 15 is 0 Å². The van der Waals surface area contributed by atoms with Gasteiger partial charge in [-0.05, 0) is 12.8 Å². The predicted octanol–water partition coefficient (Wildman–Crippen LogP) is 1.47. The fourth-order valence-electron chi connectivity index (χ4n) is 3.41. The summed E-state index contributed by atoms with van der Waals surface area (Å²) in [4.78, 5) is 18.1. The number of imidazole rings is 1. The van der Waals surface area contributed by atoms with Crippen molar-refractivity contribution in [3.63, 3.8) is 0 Å². The smallest absolute Gasteiger partial charge is 0.182 e. The first-order valence-corrected chi connectivity index (χ1v) is 7.42. The molecule has 0 atom stereocenters. The first-order chi connectivity index (χ1) is 10.3. The van der Waals surface area contributed by atoms with Gasteiger partial charge in [-0.3, -0.25) is 0 Å². The van der Waals surface area contributed by atoms with E-state index in [4.69, 9.17) is 9.47 Å². The van der Waals surface area contributed by atoms with Crippen LogP contribution in [0.1, 0.15) is 25.7 Å². The topological polar surface area (TPSA) is 76.2 Å². The number of rotatable bonds is 2. The molecule has 0 unspecified atom stereocenters. The molecule has 2 fully saturated rings. The van der Waals surface area contributed by atoms with Crippen LogP contribution in [0, 0.1) is 0 Å². The molecule has 7 nitrogen and oxygen atoms in total. The van der Waals surface area contributed by atoms with Crippen LogP contribution < -0.4 is 4.90 Å². The third-order valence-corrected chi connectivity index (χ3v) is 4.62. The zero-order valence-corrected chi connectivity index (χ0v) is 12.1. The molecule has 1 N–H and O–H groups in total. The second-order valence-corrected chi connectivity index (χ2v) is 5.75. The summed E-state index contributed by atoms with van der Waals surface area (Å²) in [7, 11) is 2.08. The van der Waals surface area contributed by atoms with Gasteiger partial charge in [-0.25, -0.2) is 15.0 Å². The molecule has 1 saturated carbocycles. The molecule has 2 aromatic heterocycles. The minimum Gasteiger partial charge on any atom is -0.355 e. The van der Waals surface area contributed by atoms with Crippen LogP contribution in [0.15, 0.2) is 12.7 Å². The Balaban J connectivity index is 1.53. The lowest BCUT2D eigenvalue weighted by atomic mass is 9.89. The Morgan fingerprint density at radius 1 is 1.19 bits per heavy atom. The fraction of sp³-hybridized carbons (Fsp3) is 0.643. The lowest BCUT2D eigenvalue weighted by Gasteiger charge is -2.39. The molecule has 2 aliphatic rings. The average Bonchev–Trinajstić information content (AvgIpc) is 3.16. The molecule has 0 bridgehead atoms. The zero-order valence-electron chi connectivity index (χ0n) is 12.1. The normalized spacial score (nSPS) is 22.1. The molecular weight excluding hydrogens is 270 g/mol. The highest BCUT2D eigenvalue weighted by molar-refractivity contribution is 5.82. The highest BCUT2D eigenvalue weighted by Crippen LogP contribution is 2.38. The molecule has 0 radical (unpaired) electrons. The van der Waals surface area contributed by atoms with E-state index in [0.29, 0.717) is 11.7 Å². The summed E-state index contributed by atoms with van der Waals surface area (Å²) in [6, 6.07) is 0.435. The molecular formula is C14H19N5O2. The molecule has 7 heteroatoms. The number of hydrogen-bond donors (Lipinski definition) is 1. The second-order valence-electron chi connectivity index (χ2n) is 5.75. The third kappa shape index (κ3) is 2.16. The molecule has 1 saturated heterocycles. The van der Waals surface area contributed by atoms with Gasteiger partial charge in [-0.2, -0.15) is 0 Å². The van der Waals surface area contributed by atoms with Gasteiger partial charge in [-0.1, -0.05) is 0 Å². The van der Waals surface area contributed by atoms with E-state index in [2.05, 4.69) is 31.9 Å². The van der Waals surface area contributed by atoms with Crippen molar-refractivity contribution < 1.29 is 9.47 Å². The summed E-state index contributed by atoms with van der Waals surface area (Å²) in [5.74, 6) is 0.596. The first kappa shape index (κ1) is 13.0. The van der Waals surface area contributed by atoms with Crippen molar-refractivity contribution in [3.8, 4) is 0 Å². The minimum absolute atomic E-state index is 0.313. The Morgan fingerprint density at radius 2 is 1.95 bits per heavy atom. The van der Waals surface area contributed by atoms with Crippen molar-refractivity contribution in [1.82, 2.24) is 19.9 Å². The van der Waals surface area contributed by atoms with Gasteiger partial charge in [0.2, 0.25) is 0 Å². The van der Waals surface area contributed by atoms with Crippen LogP contribution >= 0.6 is 0 Å². The van der Waals surface area contributed by atoms with Crippen molar-refractivity contribution >= 4 is 17.0 Å². The number of anilines is 1. The van der Waals surface area contributed by atoms with E-state index in [-0.39, 0.29) is 5.79 Å². The SMILES string of the molecule is CN(c1ncnc2nc[nH]c12)C1CCC2(CC1)OCCO2. The van der Waals surface area contributed by atoms with Crippen LogP contribution in [-0.4, -0.2) is 52.0 Å². The van der Waals surface area contributed by atoms with E-state index in [0.717, 1.165) is 50.2 Å². The maximum Gasteiger partial charge on any atom is 0.182 e. The van der Waals surface area contributed by atoms with Crippen LogP contribution in [-0.2, 0) is 9.47 Å². The van der Waals surface area contributed by atoms with Crippen LogP contribution in [0.4, 0.5) is 5.82 Å². The maximum absolute atomic E-state index is 5.79. The second kappa shape index (κ2) is 4.92. The summed E-state index contributed by atoms with van der Waals surface area (Å²) >= 11 is 0. The number of ether oxygens (including phenoxy) is 2. The summed E-state index contributed by atoms with van der Waals surface area (Å²) in [5.41, 5.74) is 1.61. The van der Waals surface area contributed by atoms with Crippen molar-refractivity contribution in [2.75, 3.05) is 25.2 Å². The van der Waals surface area contributed by atoms with Gasteiger partial charge in [0.1, 0.15) is 11.8 Å². The number of nitrogens with one attached hydrogen (secondary N) is 1. The highest BCUT2D eigenvalue weighted by Gasteiger charge is 2.41. The van der Waals surface area contributed by atoms with Gasteiger partial charge >= 0.3 is 0 Å². The van der Waals surface area contributed by atoms with Gasteiger partial charge in [0.05, 0.1) is 19.5 Å². The van der Waals surface area contributed by atoms with Gasteiger partial charge < -0.3 is 19.4 Å². The fourth-order valence-corrected chi connectivity index (χ4v) is 3.41. The van der Waals surface area contributed by atoms with E-state index < -0.39 is 0 Å². The third-order valence-electron chi connectivity index (χ3n) is 4.62. The zero-order chi connectivity index (χ0) is 14.3. The maximum atomic E-state index is 5.79. The number of aromatic amines is 1. The summed E-state index contributed by atoms with van der Waals surface area (Å²) < 4.78 is 11.6. The van der Waals surface area contributed by atoms with Crippen molar-refractivity contribution in [3.05, 3.63) is 12.7 Å². The van der Waals surface area contributed by atoms with E-state index in [1.807, 2.05) is 0 Å². The monoisotopic (exact) mass is 289 g/mol. The molecule has 2 aromatic rings. The largest absolute Gasteiger partial charge is 0.355 e. The Kier molecular flexibility index (Phi) is 3.04. The van der Waals surface area contributed by atoms with Crippen LogP contribution in [0.2, 0.25) is 0 Å². The molecule has 1 aliphatic carbocycles. The molecule has 1 aliphatic heterocycles. The number of nitrogens with zero attached hydrogens (tertiary/aromatic N) is 4. The van der Waals surface area contributed by atoms with Gasteiger partial charge in [-0.15, -0.1) is 0 Å². The van der Waals surface area contributed by atoms with Crippen LogP contribution in [0.3, 0.4) is 0 Å². The molecule has 112 valence electrons. The predicted molar refractivity (Wildman–Crippen MR) is 77.0 cm³/mol. The van der Waals surface area contributed by atoms with Crippen molar-refractivity contribution in [1.29, 1.82) is 0 Å². The Morgan fingerprint density at radius 3 is 2.71 bits per heavy atom. The Labute approximate surface area is 122 Å². The molecule has 21 heavy (non-hydrogen) atoms. The molecule has 3 heterocycles. The van der Waals surface area contributed by atoms with Crippen LogP contribution in [0.25, 0.3) is 11.2 Å². The molecule has 0 amide bonds. The Bertz CT molecular complexity index is 627. The number of H-pyrrole nitrogens is 1. The van der Waals surface area contributed by atoms with Crippen LogP contribution in [0.5, 0.6) is 0 Å². The summed E-state index contributed by atoms with van der Waals surface area (Å²) in [5, 5.41) is 0. The molecule has 1 spiro atoms. The Hall–Kier alpha value is -1.73. The van der Waals surface area contributed by atoms with E-state index in [9.17, 15) is 0 Å². The van der Waals surface area contributed by atoms with E-state index in [1.54, 1.807) is 12.7 Å². The van der Waals surface area contributed by atoms with Crippen molar-refractivity contribution in [2.24, 2.45) is 0 Å². The quantitative estimate of drug-likeness (QED) is 0.902. The van der Waals surface area contributed by atoms with Crippen molar-refractivity contribution in [2.45, 2.75) is 37.5 Å². The first-order valence-electron chi connectivity index (χ1n) is 7.42. The lowest BCUT2D eigenvalue weighted by molar-refractivity contribution is -0.178. The van der Waals surface area contributed by atoms with Gasteiger partial charge in [0, 0.05) is 25.9 Å². The summed E-state index contributed by atoms with van der Waals surface area (Å²) in [6.45, 7) is 1.45. The molecule has 4 rings (SSSR count). The average molecular weight is 289 g/mol. The number of fused-ring (bicyclic) bond motifs is 1. The minimum atomic E-state index is -0.313. The highest BCUT2D eigenvalue weighted by atomic mass is 16.7.